The third kappa shape index (κ3) is 3.60. The number of benzene rings is 2. The molecule has 0 unspecified atom stereocenters. The molecule has 1 aliphatic heterocycles. The number of carbonyl (C=O) groups excluding carboxylic acids is 1. The number of aryl methyl sites for hydroxylation is 1. The number of fused-ring (bicyclic) bond motifs is 1. The zero-order chi connectivity index (χ0) is 20.5. The maximum absolute atomic E-state index is 13.4. The molecule has 0 saturated carbocycles. The van der Waals surface area contributed by atoms with Crippen molar-refractivity contribution < 1.29 is 19.1 Å². The second-order valence-corrected chi connectivity index (χ2v) is 6.68. The summed E-state index contributed by atoms with van der Waals surface area (Å²) < 4.78 is 14.9. The van der Waals surface area contributed by atoms with Gasteiger partial charge in [0.05, 0.1) is 12.2 Å². The average molecular weight is 392 g/mol. The third-order valence-electron chi connectivity index (χ3n) is 4.61. The monoisotopic (exact) mass is 392 g/mol. The quantitative estimate of drug-likeness (QED) is 0.631. The minimum Gasteiger partial charge on any atom is -0.477 e. The van der Waals surface area contributed by atoms with Crippen LogP contribution in [0, 0.1) is 12.7 Å². The zero-order valence-electron chi connectivity index (χ0n) is 15.4. The Bertz CT molecular complexity index is 1140. The summed E-state index contributed by atoms with van der Waals surface area (Å²) in [6.07, 6.45) is 2.90. The summed E-state index contributed by atoms with van der Waals surface area (Å²) in [6, 6.07) is 12.6. The lowest BCUT2D eigenvalue weighted by atomic mass is 10.0. The lowest BCUT2D eigenvalue weighted by Crippen LogP contribution is -2.25. The zero-order valence-corrected chi connectivity index (χ0v) is 15.4. The molecule has 1 aliphatic rings. The maximum atomic E-state index is 13.4. The van der Waals surface area contributed by atoms with E-state index in [1.165, 1.54) is 24.4 Å². The molecule has 1 amide bonds. The highest BCUT2D eigenvalue weighted by Crippen LogP contribution is 2.32. The Morgan fingerprint density at radius 2 is 1.97 bits per heavy atom. The lowest BCUT2D eigenvalue weighted by molar-refractivity contribution is -0.132. The van der Waals surface area contributed by atoms with Crippen molar-refractivity contribution in [2.24, 2.45) is 0 Å². The van der Waals surface area contributed by atoms with E-state index in [1.807, 2.05) is 31.2 Å². The minimum absolute atomic E-state index is 0.0524. The van der Waals surface area contributed by atoms with Gasteiger partial charge in [0.1, 0.15) is 22.9 Å². The summed E-state index contributed by atoms with van der Waals surface area (Å²) in [7, 11) is 0. The second kappa shape index (κ2) is 7.23. The molecule has 3 N–H and O–H groups in total. The minimum atomic E-state index is -1.15. The summed E-state index contributed by atoms with van der Waals surface area (Å²) in [5.74, 6) is -1.90. The SMILES string of the molecule is Cc1ccc([C@H]2C=C(C(=O)O)Nc3c(C(=O)Nc4cccc(F)c4)cnn32)cc1. The van der Waals surface area contributed by atoms with Crippen molar-refractivity contribution in [2.75, 3.05) is 10.6 Å². The summed E-state index contributed by atoms with van der Waals surface area (Å²) in [5.41, 5.74) is 2.29. The van der Waals surface area contributed by atoms with E-state index in [1.54, 1.807) is 16.8 Å². The van der Waals surface area contributed by atoms with E-state index in [-0.39, 0.29) is 22.8 Å². The fraction of sp³-hybridized carbons (Fsp3) is 0.0952. The van der Waals surface area contributed by atoms with Crippen LogP contribution >= 0.6 is 0 Å². The molecule has 0 radical (unpaired) electrons. The summed E-state index contributed by atoms with van der Waals surface area (Å²) >= 11 is 0. The van der Waals surface area contributed by atoms with Crippen LogP contribution in [0.25, 0.3) is 0 Å². The molecule has 2 aromatic carbocycles. The van der Waals surface area contributed by atoms with E-state index in [0.29, 0.717) is 0 Å². The summed E-state index contributed by atoms with van der Waals surface area (Å²) in [5, 5.41) is 19.2. The Morgan fingerprint density at radius 1 is 1.21 bits per heavy atom. The first-order chi connectivity index (χ1) is 13.9. The number of hydrogen-bond donors (Lipinski definition) is 3. The van der Waals surface area contributed by atoms with Gasteiger partial charge in [-0.3, -0.25) is 4.79 Å². The van der Waals surface area contributed by atoms with Crippen molar-refractivity contribution in [2.45, 2.75) is 13.0 Å². The summed E-state index contributed by atoms with van der Waals surface area (Å²) in [6.45, 7) is 1.96. The number of amides is 1. The molecule has 7 nitrogen and oxygen atoms in total. The highest BCUT2D eigenvalue weighted by atomic mass is 19.1. The van der Waals surface area contributed by atoms with E-state index in [4.69, 9.17) is 0 Å². The molecule has 29 heavy (non-hydrogen) atoms. The average Bonchev–Trinajstić information content (AvgIpc) is 3.12. The Hall–Kier alpha value is -3.94. The standard InChI is InChI=1S/C21H17FN4O3/c1-12-5-7-13(8-6-12)18-10-17(21(28)29)25-19-16(11-23-26(18)19)20(27)24-15-4-2-3-14(22)9-15/h2-11,18,25H,1H3,(H,24,27)(H,28,29)/t18-/m1/s1. The van der Waals surface area contributed by atoms with Crippen molar-refractivity contribution in [1.82, 2.24) is 9.78 Å². The molecule has 0 aliphatic carbocycles. The fourth-order valence-corrected chi connectivity index (χ4v) is 3.15. The molecule has 4 rings (SSSR count). The molecule has 1 atom stereocenters. The number of rotatable bonds is 4. The Kier molecular flexibility index (Phi) is 4.59. The predicted octanol–water partition coefficient (Wildman–Crippen LogP) is 3.57. The first-order valence-corrected chi connectivity index (χ1v) is 8.85. The van der Waals surface area contributed by atoms with Crippen LogP contribution in [0.4, 0.5) is 15.9 Å². The normalized spacial score (nSPS) is 15.1. The van der Waals surface area contributed by atoms with Gasteiger partial charge in [0, 0.05) is 5.69 Å². The number of carbonyl (C=O) groups is 2. The van der Waals surface area contributed by atoms with Crippen LogP contribution in [0.15, 0.2) is 66.5 Å². The molecule has 1 aromatic heterocycles. The van der Waals surface area contributed by atoms with Gasteiger partial charge >= 0.3 is 5.97 Å². The van der Waals surface area contributed by atoms with Crippen LogP contribution in [0.5, 0.6) is 0 Å². The van der Waals surface area contributed by atoms with Crippen molar-refractivity contribution >= 4 is 23.4 Å². The predicted molar refractivity (Wildman–Crippen MR) is 105 cm³/mol. The largest absolute Gasteiger partial charge is 0.477 e. The van der Waals surface area contributed by atoms with E-state index < -0.39 is 23.7 Å². The first kappa shape index (κ1) is 18.4. The third-order valence-corrected chi connectivity index (χ3v) is 4.61. The van der Waals surface area contributed by atoms with Gasteiger partial charge in [-0.05, 0) is 36.8 Å². The molecule has 0 spiro atoms. The number of allylic oxidation sites excluding steroid dienone is 1. The van der Waals surface area contributed by atoms with Crippen LogP contribution in [0.2, 0.25) is 0 Å². The number of hydrogen-bond acceptors (Lipinski definition) is 4. The van der Waals surface area contributed by atoms with Crippen molar-refractivity contribution in [3.8, 4) is 0 Å². The molecule has 3 aromatic rings. The Labute approximate surface area is 165 Å². The van der Waals surface area contributed by atoms with Crippen LogP contribution in [-0.2, 0) is 4.79 Å². The number of halogens is 1. The molecule has 0 saturated heterocycles. The van der Waals surface area contributed by atoms with Gasteiger partial charge in [-0.25, -0.2) is 13.9 Å². The molecular weight excluding hydrogens is 375 g/mol. The second-order valence-electron chi connectivity index (χ2n) is 6.68. The Balaban J connectivity index is 1.72. The number of carboxylic acid groups (broad SMARTS) is 1. The van der Waals surface area contributed by atoms with Crippen molar-refractivity contribution in [3.05, 3.63) is 89.0 Å². The van der Waals surface area contributed by atoms with Gasteiger partial charge in [0.25, 0.3) is 5.91 Å². The summed E-state index contributed by atoms with van der Waals surface area (Å²) in [4.78, 5) is 24.4. The molecule has 0 fully saturated rings. The smallest absolute Gasteiger partial charge is 0.352 e. The van der Waals surface area contributed by atoms with E-state index >= 15 is 0 Å². The van der Waals surface area contributed by atoms with Gasteiger partial charge < -0.3 is 15.7 Å². The van der Waals surface area contributed by atoms with E-state index in [9.17, 15) is 19.1 Å². The number of nitrogens with zero attached hydrogens (tertiary/aromatic N) is 2. The molecule has 2 heterocycles. The van der Waals surface area contributed by atoms with Gasteiger partial charge in [-0.1, -0.05) is 35.9 Å². The van der Waals surface area contributed by atoms with Gasteiger partial charge in [-0.15, -0.1) is 0 Å². The Morgan fingerprint density at radius 3 is 2.66 bits per heavy atom. The first-order valence-electron chi connectivity index (χ1n) is 8.85. The topological polar surface area (TPSA) is 96.2 Å². The van der Waals surface area contributed by atoms with E-state index in [2.05, 4.69) is 15.7 Å². The van der Waals surface area contributed by atoms with Crippen LogP contribution in [0.3, 0.4) is 0 Å². The number of aromatic nitrogens is 2. The molecule has 146 valence electrons. The number of aliphatic carboxylic acids is 1. The number of anilines is 2. The van der Waals surface area contributed by atoms with Crippen molar-refractivity contribution in [1.29, 1.82) is 0 Å². The van der Waals surface area contributed by atoms with Crippen LogP contribution < -0.4 is 10.6 Å². The number of carboxylic acids is 1. The lowest BCUT2D eigenvalue weighted by Gasteiger charge is -2.24. The molecular formula is C21H17FN4O3. The van der Waals surface area contributed by atoms with Gasteiger partial charge in [0.2, 0.25) is 0 Å². The highest BCUT2D eigenvalue weighted by Gasteiger charge is 2.29. The molecule has 8 heteroatoms. The highest BCUT2D eigenvalue weighted by molar-refractivity contribution is 6.08. The fourth-order valence-electron chi connectivity index (χ4n) is 3.15. The molecule has 0 bridgehead atoms. The number of nitrogens with one attached hydrogen (secondary N) is 2. The van der Waals surface area contributed by atoms with Crippen LogP contribution in [-0.4, -0.2) is 26.8 Å². The van der Waals surface area contributed by atoms with Crippen molar-refractivity contribution in [3.63, 3.8) is 0 Å². The van der Waals surface area contributed by atoms with E-state index in [0.717, 1.165) is 11.1 Å². The van der Waals surface area contributed by atoms with Gasteiger partial charge in [-0.2, -0.15) is 5.10 Å². The van der Waals surface area contributed by atoms with Gasteiger partial charge in [0.15, 0.2) is 0 Å². The maximum Gasteiger partial charge on any atom is 0.352 e. The van der Waals surface area contributed by atoms with Crippen LogP contribution in [0.1, 0.15) is 27.5 Å².